The van der Waals surface area contributed by atoms with E-state index in [1.165, 1.54) is 31.4 Å². The van der Waals surface area contributed by atoms with Gasteiger partial charge in [-0.25, -0.2) is 4.39 Å². The summed E-state index contributed by atoms with van der Waals surface area (Å²) in [6.07, 6.45) is 4.93. The molecular weight excluding hydrogens is 283 g/mol. The molecule has 2 rings (SSSR count). The van der Waals surface area contributed by atoms with Crippen LogP contribution >= 0.6 is 23.8 Å². The van der Waals surface area contributed by atoms with E-state index in [4.69, 9.17) is 23.8 Å². The lowest BCUT2D eigenvalue weighted by Crippen LogP contribution is -2.43. The van der Waals surface area contributed by atoms with Gasteiger partial charge in [0.1, 0.15) is 5.82 Å². The van der Waals surface area contributed by atoms with Crippen LogP contribution in [0.25, 0.3) is 0 Å². The Bertz CT molecular complexity index is 467. The van der Waals surface area contributed by atoms with Gasteiger partial charge in [-0.1, -0.05) is 31.4 Å². The van der Waals surface area contributed by atoms with Crippen molar-refractivity contribution in [1.82, 2.24) is 5.32 Å². The zero-order valence-electron chi connectivity index (χ0n) is 10.9. The van der Waals surface area contributed by atoms with E-state index in [0.717, 1.165) is 6.42 Å². The molecule has 1 aromatic carbocycles. The largest absolute Gasteiger partial charge is 0.359 e. The molecule has 0 aromatic heterocycles. The van der Waals surface area contributed by atoms with Crippen molar-refractivity contribution >= 4 is 34.6 Å². The predicted molar refractivity (Wildman–Crippen MR) is 82.2 cm³/mol. The van der Waals surface area contributed by atoms with Gasteiger partial charge in [0.25, 0.3) is 0 Å². The molecule has 0 radical (unpaired) electrons. The second-order valence-corrected chi connectivity index (χ2v) is 5.91. The molecule has 2 N–H and O–H groups in total. The molecule has 1 aliphatic rings. The number of nitrogens with one attached hydrogen (secondary N) is 2. The van der Waals surface area contributed by atoms with Gasteiger partial charge in [-0.3, -0.25) is 0 Å². The topological polar surface area (TPSA) is 24.1 Å². The van der Waals surface area contributed by atoms with Crippen LogP contribution in [0.3, 0.4) is 0 Å². The maximum Gasteiger partial charge on any atom is 0.171 e. The number of anilines is 1. The molecule has 2 nitrogen and oxygen atoms in total. The lowest BCUT2D eigenvalue weighted by atomic mass is 9.86. The first kappa shape index (κ1) is 14.5. The third-order valence-corrected chi connectivity index (χ3v) is 4.12. The number of benzene rings is 1. The van der Waals surface area contributed by atoms with E-state index in [0.29, 0.717) is 22.8 Å². The fourth-order valence-electron chi connectivity index (χ4n) is 2.44. The molecule has 5 heteroatoms. The summed E-state index contributed by atoms with van der Waals surface area (Å²) < 4.78 is 13.1. The molecule has 1 aliphatic carbocycles. The smallest absolute Gasteiger partial charge is 0.171 e. The van der Waals surface area contributed by atoms with Gasteiger partial charge < -0.3 is 10.6 Å². The Morgan fingerprint density at radius 1 is 1.37 bits per heavy atom. The van der Waals surface area contributed by atoms with E-state index in [2.05, 4.69) is 17.6 Å². The molecule has 1 aromatic rings. The SMILES string of the molecule is CC1CCCCC1NC(=S)Nc1ccc(F)c(Cl)c1. The normalized spacial score (nSPS) is 22.9. The highest BCUT2D eigenvalue weighted by molar-refractivity contribution is 7.80. The van der Waals surface area contributed by atoms with Crippen LogP contribution in [0.4, 0.5) is 10.1 Å². The molecular formula is C14H18ClFN2S. The van der Waals surface area contributed by atoms with E-state index in [-0.39, 0.29) is 5.02 Å². The summed E-state index contributed by atoms with van der Waals surface area (Å²) in [4.78, 5) is 0. The van der Waals surface area contributed by atoms with Gasteiger partial charge in [0.2, 0.25) is 0 Å². The van der Waals surface area contributed by atoms with Gasteiger partial charge in [-0.05, 0) is 49.2 Å². The van der Waals surface area contributed by atoms with Crippen molar-refractivity contribution in [2.75, 3.05) is 5.32 Å². The van der Waals surface area contributed by atoms with Crippen LogP contribution in [0.2, 0.25) is 5.02 Å². The zero-order valence-corrected chi connectivity index (χ0v) is 12.5. The van der Waals surface area contributed by atoms with Gasteiger partial charge in [0.05, 0.1) is 5.02 Å². The Balaban J connectivity index is 1.91. The monoisotopic (exact) mass is 300 g/mol. The molecule has 0 spiro atoms. The van der Waals surface area contributed by atoms with Gasteiger partial charge in [-0.2, -0.15) is 0 Å². The molecule has 1 saturated carbocycles. The van der Waals surface area contributed by atoms with Crippen LogP contribution in [0.15, 0.2) is 18.2 Å². The van der Waals surface area contributed by atoms with Crippen molar-refractivity contribution in [2.45, 2.75) is 38.6 Å². The van der Waals surface area contributed by atoms with Crippen molar-refractivity contribution in [3.63, 3.8) is 0 Å². The van der Waals surface area contributed by atoms with Crippen LogP contribution in [-0.4, -0.2) is 11.2 Å². The fourth-order valence-corrected chi connectivity index (χ4v) is 2.89. The number of thiocarbonyl (C=S) groups is 1. The molecule has 0 heterocycles. The Hall–Kier alpha value is -0.870. The van der Waals surface area contributed by atoms with Gasteiger partial charge in [0, 0.05) is 11.7 Å². The Labute approximate surface area is 123 Å². The van der Waals surface area contributed by atoms with Gasteiger partial charge >= 0.3 is 0 Å². The number of halogens is 2. The molecule has 2 unspecified atom stereocenters. The molecule has 0 saturated heterocycles. The summed E-state index contributed by atoms with van der Waals surface area (Å²) in [5.74, 6) is 0.206. The third kappa shape index (κ3) is 4.05. The maximum absolute atomic E-state index is 13.1. The standard InChI is InChI=1S/C14H18ClFN2S/c1-9-4-2-3-5-13(9)18-14(19)17-10-6-7-12(16)11(15)8-10/h6-9,13H,2-5H2,1H3,(H2,17,18,19). The highest BCUT2D eigenvalue weighted by Crippen LogP contribution is 2.24. The van der Waals surface area contributed by atoms with E-state index in [9.17, 15) is 4.39 Å². The summed E-state index contributed by atoms with van der Waals surface area (Å²) in [6.45, 7) is 2.24. The number of hydrogen-bond acceptors (Lipinski definition) is 1. The Morgan fingerprint density at radius 2 is 2.11 bits per heavy atom. The first-order chi connectivity index (χ1) is 9.06. The Morgan fingerprint density at radius 3 is 2.79 bits per heavy atom. The van der Waals surface area contributed by atoms with Crippen molar-refractivity contribution in [2.24, 2.45) is 5.92 Å². The second kappa shape index (κ2) is 6.53. The van der Waals surface area contributed by atoms with Crippen LogP contribution in [0, 0.1) is 11.7 Å². The van der Waals surface area contributed by atoms with Crippen molar-refractivity contribution in [1.29, 1.82) is 0 Å². The maximum atomic E-state index is 13.1. The summed E-state index contributed by atoms with van der Waals surface area (Å²) >= 11 is 11.0. The fraction of sp³-hybridized carbons (Fsp3) is 0.500. The second-order valence-electron chi connectivity index (χ2n) is 5.10. The number of hydrogen-bond donors (Lipinski definition) is 2. The van der Waals surface area contributed by atoms with Crippen LogP contribution in [0.5, 0.6) is 0 Å². The average molecular weight is 301 g/mol. The van der Waals surface area contributed by atoms with E-state index < -0.39 is 5.82 Å². The third-order valence-electron chi connectivity index (χ3n) is 3.61. The molecule has 104 valence electrons. The minimum absolute atomic E-state index is 0.0961. The van der Waals surface area contributed by atoms with E-state index >= 15 is 0 Å². The van der Waals surface area contributed by atoms with E-state index in [1.54, 1.807) is 6.07 Å². The van der Waals surface area contributed by atoms with Crippen LogP contribution < -0.4 is 10.6 Å². The highest BCUT2D eigenvalue weighted by Gasteiger charge is 2.21. The molecule has 19 heavy (non-hydrogen) atoms. The first-order valence-corrected chi connectivity index (χ1v) is 7.37. The summed E-state index contributed by atoms with van der Waals surface area (Å²) in [5.41, 5.74) is 0.701. The lowest BCUT2D eigenvalue weighted by molar-refractivity contribution is 0.309. The van der Waals surface area contributed by atoms with Gasteiger partial charge in [-0.15, -0.1) is 0 Å². The minimum atomic E-state index is -0.424. The van der Waals surface area contributed by atoms with Crippen molar-refractivity contribution < 1.29 is 4.39 Å². The first-order valence-electron chi connectivity index (χ1n) is 6.59. The van der Waals surface area contributed by atoms with E-state index in [1.807, 2.05) is 0 Å². The van der Waals surface area contributed by atoms with Crippen LogP contribution in [0.1, 0.15) is 32.6 Å². The predicted octanol–water partition coefficient (Wildman–Crippen LogP) is 4.34. The summed E-state index contributed by atoms with van der Waals surface area (Å²) in [7, 11) is 0. The van der Waals surface area contributed by atoms with Crippen molar-refractivity contribution in [3.8, 4) is 0 Å². The molecule has 0 bridgehead atoms. The number of rotatable bonds is 2. The molecule has 1 fully saturated rings. The quantitative estimate of drug-likeness (QED) is 0.794. The Kier molecular flexibility index (Phi) is 4.99. The minimum Gasteiger partial charge on any atom is -0.359 e. The lowest BCUT2D eigenvalue weighted by Gasteiger charge is -2.30. The highest BCUT2D eigenvalue weighted by atomic mass is 35.5. The van der Waals surface area contributed by atoms with Crippen LogP contribution in [-0.2, 0) is 0 Å². The van der Waals surface area contributed by atoms with Gasteiger partial charge in [0.15, 0.2) is 5.11 Å². The molecule has 0 aliphatic heterocycles. The van der Waals surface area contributed by atoms with Crippen molar-refractivity contribution in [3.05, 3.63) is 29.0 Å². The zero-order chi connectivity index (χ0) is 13.8. The summed E-state index contributed by atoms with van der Waals surface area (Å²) in [6, 6.07) is 4.91. The average Bonchev–Trinajstić information content (AvgIpc) is 2.37. The molecule has 0 amide bonds. The summed E-state index contributed by atoms with van der Waals surface area (Å²) in [5, 5.41) is 7.05. The molecule has 2 atom stereocenters.